The zero-order chi connectivity index (χ0) is 19.3. The Morgan fingerprint density at radius 2 is 1.71 bits per heavy atom. The molecule has 1 N–H and O–H groups in total. The molecule has 1 aromatic carbocycles. The van der Waals surface area contributed by atoms with Crippen molar-refractivity contribution in [1.82, 2.24) is 15.1 Å². The van der Waals surface area contributed by atoms with Crippen molar-refractivity contribution in [2.75, 3.05) is 26.7 Å². The van der Waals surface area contributed by atoms with Gasteiger partial charge in [-0.2, -0.15) is 0 Å². The Morgan fingerprint density at radius 1 is 1.00 bits per heavy atom. The molecule has 3 aliphatic rings. The number of rotatable bonds is 5. The van der Waals surface area contributed by atoms with Crippen molar-refractivity contribution in [2.24, 2.45) is 0 Å². The SMILES string of the molecule is CNC(=O)[C@@H]1C[C@H](Oc2ccccc2)CN1C1CCN(C2CCCCC2)CC1. The van der Waals surface area contributed by atoms with Crippen LogP contribution in [0.15, 0.2) is 30.3 Å². The van der Waals surface area contributed by atoms with Gasteiger partial charge < -0.3 is 15.0 Å². The summed E-state index contributed by atoms with van der Waals surface area (Å²) < 4.78 is 6.21. The molecule has 28 heavy (non-hydrogen) atoms. The summed E-state index contributed by atoms with van der Waals surface area (Å²) in [6, 6.07) is 11.2. The van der Waals surface area contributed by atoms with E-state index >= 15 is 0 Å². The molecule has 1 saturated carbocycles. The van der Waals surface area contributed by atoms with E-state index in [0.29, 0.717) is 6.04 Å². The van der Waals surface area contributed by atoms with E-state index in [1.165, 1.54) is 58.0 Å². The van der Waals surface area contributed by atoms with Gasteiger partial charge in [0.1, 0.15) is 11.9 Å². The van der Waals surface area contributed by atoms with Crippen LogP contribution in [0.2, 0.25) is 0 Å². The molecule has 5 nitrogen and oxygen atoms in total. The summed E-state index contributed by atoms with van der Waals surface area (Å²) in [5.41, 5.74) is 0. The minimum atomic E-state index is -0.0649. The second-order valence-electron chi connectivity index (χ2n) is 8.67. The van der Waals surface area contributed by atoms with Crippen LogP contribution in [0.4, 0.5) is 0 Å². The minimum absolute atomic E-state index is 0.0649. The lowest BCUT2D eigenvalue weighted by molar-refractivity contribution is -0.126. The van der Waals surface area contributed by atoms with Crippen LogP contribution in [0, 0.1) is 0 Å². The topological polar surface area (TPSA) is 44.8 Å². The number of amides is 1. The van der Waals surface area contributed by atoms with Crippen LogP contribution in [-0.4, -0.2) is 66.6 Å². The molecule has 2 heterocycles. The van der Waals surface area contributed by atoms with Crippen molar-refractivity contribution in [3.8, 4) is 5.75 Å². The number of carbonyl (C=O) groups is 1. The van der Waals surface area contributed by atoms with Gasteiger partial charge in [-0.3, -0.25) is 9.69 Å². The number of carbonyl (C=O) groups excluding carboxylic acids is 1. The summed E-state index contributed by atoms with van der Waals surface area (Å²) in [6.45, 7) is 3.20. The zero-order valence-electron chi connectivity index (χ0n) is 17.2. The first kappa shape index (κ1) is 19.7. The number of piperidine rings is 1. The molecule has 0 unspecified atom stereocenters. The highest BCUT2D eigenvalue weighted by molar-refractivity contribution is 5.81. The van der Waals surface area contributed by atoms with E-state index < -0.39 is 0 Å². The number of ether oxygens (including phenoxy) is 1. The lowest BCUT2D eigenvalue weighted by Gasteiger charge is -2.42. The number of nitrogens with one attached hydrogen (secondary N) is 1. The Morgan fingerprint density at radius 3 is 2.39 bits per heavy atom. The molecule has 1 aromatic rings. The van der Waals surface area contributed by atoms with Crippen LogP contribution in [0.1, 0.15) is 51.4 Å². The van der Waals surface area contributed by atoms with E-state index in [2.05, 4.69) is 15.1 Å². The second-order valence-corrected chi connectivity index (χ2v) is 8.67. The standard InChI is InChI=1S/C23H35N3O2/c1-24-23(27)22-16-21(28-20-10-6-3-7-11-20)17-26(22)19-12-14-25(15-13-19)18-8-4-2-5-9-18/h3,6-7,10-11,18-19,21-22H,2,4-5,8-9,12-17H2,1H3,(H,24,27)/t21-,22-/m0/s1. The Hall–Kier alpha value is -1.59. The third kappa shape index (κ3) is 4.52. The van der Waals surface area contributed by atoms with E-state index in [1.807, 2.05) is 30.3 Å². The van der Waals surface area contributed by atoms with E-state index in [4.69, 9.17) is 4.74 Å². The van der Waals surface area contributed by atoms with Crippen LogP contribution in [0.25, 0.3) is 0 Å². The normalized spacial score (nSPS) is 28.3. The van der Waals surface area contributed by atoms with E-state index in [9.17, 15) is 4.79 Å². The number of likely N-dealkylation sites (N-methyl/N-ethyl adjacent to an activating group) is 1. The van der Waals surface area contributed by atoms with Gasteiger partial charge in [-0.05, 0) is 50.9 Å². The molecule has 0 bridgehead atoms. The molecular formula is C23H35N3O2. The predicted octanol–water partition coefficient (Wildman–Crippen LogP) is 3.05. The lowest BCUT2D eigenvalue weighted by atomic mass is 9.91. The van der Waals surface area contributed by atoms with Crippen molar-refractivity contribution in [1.29, 1.82) is 0 Å². The highest BCUT2D eigenvalue weighted by Crippen LogP contribution is 2.31. The second kappa shape index (κ2) is 9.27. The average Bonchev–Trinajstić information content (AvgIpc) is 3.18. The number of likely N-dealkylation sites (tertiary alicyclic amines) is 2. The summed E-state index contributed by atoms with van der Waals surface area (Å²) in [5.74, 6) is 1.03. The Kier molecular flexibility index (Phi) is 6.53. The van der Waals surface area contributed by atoms with Crippen LogP contribution in [0.3, 0.4) is 0 Å². The van der Waals surface area contributed by atoms with Gasteiger partial charge >= 0.3 is 0 Å². The number of hydrogen-bond donors (Lipinski definition) is 1. The number of nitrogens with zero attached hydrogens (tertiary/aromatic N) is 2. The summed E-state index contributed by atoms with van der Waals surface area (Å²) in [7, 11) is 1.75. The van der Waals surface area contributed by atoms with Crippen molar-refractivity contribution < 1.29 is 9.53 Å². The van der Waals surface area contributed by atoms with Crippen LogP contribution in [0.5, 0.6) is 5.75 Å². The first-order chi connectivity index (χ1) is 13.7. The molecule has 0 aromatic heterocycles. The highest BCUT2D eigenvalue weighted by Gasteiger charge is 2.42. The predicted molar refractivity (Wildman–Crippen MR) is 112 cm³/mol. The van der Waals surface area contributed by atoms with Gasteiger partial charge in [0.05, 0.1) is 6.04 Å². The maximum absolute atomic E-state index is 12.6. The molecule has 3 fully saturated rings. The fraction of sp³-hybridized carbons (Fsp3) is 0.696. The fourth-order valence-electron chi connectivity index (χ4n) is 5.45. The third-order valence-electron chi connectivity index (χ3n) is 6.96. The van der Waals surface area contributed by atoms with E-state index in [0.717, 1.165) is 24.8 Å². The molecule has 0 radical (unpaired) electrons. The minimum Gasteiger partial charge on any atom is -0.489 e. The maximum atomic E-state index is 12.6. The number of hydrogen-bond acceptors (Lipinski definition) is 4. The maximum Gasteiger partial charge on any atom is 0.237 e. The largest absolute Gasteiger partial charge is 0.489 e. The Labute approximate surface area is 169 Å². The molecular weight excluding hydrogens is 350 g/mol. The van der Waals surface area contributed by atoms with Crippen LogP contribution in [-0.2, 0) is 4.79 Å². The number of para-hydroxylation sites is 1. The third-order valence-corrected chi connectivity index (χ3v) is 6.96. The van der Waals surface area contributed by atoms with Crippen molar-refractivity contribution in [3.63, 3.8) is 0 Å². The summed E-state index contributed by atoms with van der Waals surface area (Å²) in [6.07, 6.45) is 10.2. The van der Waals surface area contributed by atoms with Crippen molar-refractivity contribution in [2.45, 2.75) is 75.6 Å². The van der Waals surface area contributed by atoms with Crippen molar-refractivity contribution in [3.05, 3.63) is 30.3 Å². The first-order valence-electron chi connectivity index (χ1n) is 11.2. The smallest absolute Gasteiger partial charge is 0.237 e. The molecule has 5 heteroatoms. The van der Waals surface area contributed by atoms with E-state index in [1.54, 1.807) is 7.05 Å². The molecule has 4 rings (SSSR count). The zero-order valence-corrected chi connectivity index (χ0v) is 17.2. The highest BCUT2D eigenvalue weighted by atomic mass is 16.5. The quantitative estimate of drug-likeness (QED) is 0.846. The molecule has 2 saturated heterocycles. The fourth-order valence-corrected chi connectivity index (χ4v) is 5.45. The first-order valence-corrected chi connectivity index (χ1v) is 11.2. The summed E-state index contributed by atoms with van der Waals surface area (Å²) in [4.78, 5) is 17.7. The Balaban J connectivity index is 1.36. The average molecular weight is 386 g/mol. The number of benzene rings is 1. The summed E-state index contributed by atoms with van der Waals surface area (Å²) in [5, 5.41) is 2.87. The van der Waals surface area contributed by atoms with Gasteiger partial charge in [-0.1, -0.05) is 37.5 Å². The van der Waals surface area contributed by atoms with Gasteiger partial charge in [0.15, 0.2) is 0 Å². The van der Waals surface area contributed by atoms with Crippen LogP contribution >= 0.6 is 0 Å². The summed E-state index contributed by atoms with van der Waals surface area (Å²) >= 11 is 0. The van der Waals surface area contributed by atoms with Gasteiger partial charge in [-0.25, -0.2) is 0 Å². The van der Waals surface area contributed by atoms with Gasteiger partial charge in [0, 0.05) is 32.1 Å². The molecule has 1 aliphatic carbocycles. The molecule has 2 atom stereocenters. The van der Waals surface area contributed by atoms with Crippen molar-refractivity contribution >= 4 is 5.91 Å². The van der Waals surface area contributed by atoms with E-state index in [-0.39, 0.29) is 18.1 Å². The van der Waals surface area contributed by atoms with Crippen LogP contribution < -0.4 is 10.1 Å². The lowest BCUT2D eigenvalue weighted by Crippen LogP contribution is -2.52. The van der Waals surface area contributed by atoms with Gasteiger partial charge in [-0.15, -0.1) is 0 Å². The monoisotopic (exact) mass is 385 g/mol. The van der Waals surface area contributed by atoms with Gasteiger partial charge in [0.25, 0.3) is 0 Å². The molecule has 1 amide bonds. The molecule has 2 aliphatic heterocycles. The van der Waals surface area contributed by atoms with Gasteiger partial charge in [0.2, 0.25) is 5.91 Å². The molecule has 0 spiro atoms. The molecule has 154 valence electrons. The Bertz CT molecular complexity index is 624.